The smallest absolute Gasteiger partial charge is 0.431 e. The van der Waals surface area contributed by atoms with Crippen molar-refractivity contribution < 1.29 is 14.3 Å². The molecule has 0 unspecified atom stereocenters. The molecule has 1 saturated heterocycles. The average molecular weight is 248 g/mol. The van der Waals surface area contributed by atoms with Gasteiger partial charge in [-0.1, -0.05) is 37.3 Å². The van der Waals surface area contributed by atoms with Gasteiger partial charge in [-0.05, 0) is 5.56 Å². The number of hydrogen-bond acceptors (Lipinski definition) is 4. The topological polar surface area (TPSA) is 49.9 Å². The lowest BCUT2D eigenvalue weighted by Crippen LogP contribution is -2.54. The molecule has 0 aliphatic carbocycles. The Hall–Kier alpha value is -1.88. The van der Waals surface area contributed by atoms with Gasteiger partial charge in [-0.25, -0.2) is 9.80 Å². The molecule has 1 aliphatic rings. The van der Waals surface area contributed by atoms with Crippen molar-refractivity contribution in [2.24, 2.45) is 0 Å². The van der Waals surface area contributed by atoms with Crippen LogP contribution in [0.25, 0.3) is 0 Å². The Bertz CT molecular complexity index is 439. The second-order valence-corrected chi connectivity index (χ2v) is 4.14. The second-order valence-electron chi connectivity index (χ2n) is 4.14. The fourth-order valence-electron chi connectivity index (χ4n) is 2.00. The van der Waals surface area contributed by atoms with Gasteiger partial charge in [0.25, 0.3) is 0 Å². The molecule has 1 atom stereocenters. The predicted octanol–water partition coefficient (Wildman–Crippen LogP) is 1.96. The molecular weight excluding hydrogens is 232 g/mol. The van der Waals surface area contributed by atoms with Crippen LogP contribution in [0.3, 0.4) is 0 Å². The summed E-state index contributed by atoms with van der Waals surface area (Å²) in [6, 6.07) is 9.55. The number of likely N-dealkylation sites (N-methyl/N-ethyl adjacent to an activating group) is 1. The highest BCUT2D eigenvalue weighted by molar-refractivity contribution is 5.91. The molecule has 96 valence electrons. The van der Waals surface area contributed by atoms with Gasteiger partial charge < -0.3 is 4.74 Å². The van der Waals surface area contributed by atoms with Gasteiger partial charge in [-0.3, -0.25) is 4.79 Å². The highest BCUT2D eigenvalue weighted by Gasteiger charge is 2.36. The third-order valence-corrected chi connectivity index (χ3v) is 3.03. The van der Waals surface area contributed by atoms with Crippen molar-refractivity contribution in [3.05, 3.63) is 35.9 Å². The van der Waals surface area contributed by atoms with E-state index in [2.05, 4.69) is 0 Å². The van der Waals surface area contributed by atoms with E-state index in [1.165, 1.54) is 0 Å². The summed E-state index contributed by atoms with van der Waals surface area (Å²) in [5, 5.41) is 2.72. The maximum atomic E-state index is 11.7. The van der Waals surface area contributed by atoms with Crippen LogP contribution in [0.2, 0.25) is 0 Å². The van der Waals surface area contributed by atoms with Crippen molar-refractivity contribution in [3.8, 4) is 0 Å². The van der Waals surface area contributed by atoms with Crippen LogP contribution < -0.4 is 0 Å². The number of nitrogens with zero attached hydrogens (tertiary/aromatic N) is 2. The fraction of sp³-hybridized carbons (Fsp3) is 0.385. The highest BCUT2D eigenvalue weighted by atomic mass is 16.6. The summed E-state index contributed by atoms with van der Waals surface area (Å²) < 4.78 is 5.08. The van der Waals surface area contributed by atoms with E-state index in [0.717, 1.165) is 10.6 Å². The molecule has 0 bridgehead atoms. The van der Waals surface area contributed by atoms with Crippen LogP contribution in [-0.4, -0.2) is 35.7 Å². The Morgan fingerprint density at radius 1 is 1.39 bits per heavy atom. The Kier molecular flexibility index (Phi) is 3.62. The predicted molar refractivity (Wildman–Crippen MR) is 65.4 cm³/mol. The van der Waals surface area contributed by atoms with Crippen LogP contribution in [0.1, 0.15) is 24.9 Å². The van der Waals surface area contributed by atoms with E-state index in [1.807, 2.05) is 30.3 Å². The zero-order valence-corrected chi connectivity index (χ0v) is 10.5. The van der Waals surface area contributed by atoms with Crippen molar-refractivity contribution >= 4 is 12.0 Å². The van der Waals surface area contributed by atoms with Gasteiger partial charge in [0.2, 0.25) is 5.91 Å². The minimum absolute atomic E-state index is 0.126. The number of rotatable bonds is 2. The summed E-state index contributed by atoms with van der Waals surface area (Å²) in [5.41, 5.74) is 1.02. The zero-order chi connectivity index (χ0) is 13.1. The quantitative estimate of drug-likeness (QED) is 0.802. The van der Waals surface area contributed by atoms with Crippen molar-refractivity contribution in [1.29, 1.82) is 0 Å². The van der Waals surface area contributed by atoms with Gasteiger partial charge >= 0.3 is 6.09 Å². The van der Waals surface area contributed by atoms with Gasteiger partial charge in [0, 0.05) is 13.5 Å². The molecule has 1 aromatic rings. The number of amides is 2. The summed E-state index contributed by atoms with van der Waals surface area (Å²) in [5.74, 6) is -0.261. The molecule has 0 radical (unpaired) electrons. The summed E-state index contributed by atoms with van der Waals surface area (Å²) in [6.45, 7) is 1.97. The van der Waals surface area contributed by atoms with Gasteiger partial charge in [0.15, 0.2) is 0 Å². The number of ether oxygens (including phenoxy) is 1. The van der Waals surface area contributed by atoms with E-state index in [9.17, 15) is 9.59 Å². The fourth-order valence-corrected chi connectivity index (χ4v) is 2.00. The molecule has 18 heavy (non-hydrogen) atoms. The van der Waals surface area contributed by atoms with E-state index < -0.39 is 6.09 Å². The first-order valence-corrected chi connectivity index (χ1v) is 5.92. The molecule has 2 rings (SSSR count). The van der Waals surface area contributed by atoms with Gasteiger partial charge in [-0.2, -0.15) is 5.01 Å². The van der Waals surface area contributed by atoms with Crippen molar-refractivity contribution in [1.82, 2.24) is 10.0 Å². The second kappa shape index (κ2) is 5.18. The third kappa shape index (κ3) is 2.22. The molecule has 1 aliphatic heterocycles. The van der Waals surface area contributed by atoms with Crippen molar-refractivity contribution in [2.75, 3.05) is 13.7 Å². The molecule has 1 aromatic carbocycles. The number of hydrogen-bond donors (Lipinski definition) is 0. The van der Waals surface area contributed by atoms with Crippen molar-refractivity contribution in [2.45, 2.75) is 19.4 Å². The van der Waals surface area contributed by atoms with Crippen LogP contribution in [0.5, 0.6) is 0 Å². The van der Waals surface area contributed by atoms with Crippen LogP contribution in [0.4, 0.5) is 4.79 Å². The lowest BCUT2D eigenvalue weighted by atomic mass is 10.1. The summed E-state index contributed by atoms with van der Waals surface area (Å²) in [7, 11) is 1.73. The van der Waals surface area contributed by atoms with E-state index in [4.69, 9.17) is 4.74 Å². The largest absolute Gasteiger partial charge is 0.446 e. The maximum Gasteiger partial charge on any atom is 0.431 e. The lowest BCUT2D eigenvalue weighted by molar-refractivity contribution is -0.155. The zero-order valence-electron chi connectivity index (χ0n) is 10.5. The van der Waals surface area contributed by atoms with E-state index >= 15 is 0 Å². The molecule has 1 fully saturated rings. The standard InChI is InChI=1S/C13H16N2O3/c1-3-12(16)15-13(17)18-9-11(14(15)2)10-7-5-4-6-8-10/h4-8,11H,3,9H2,1-2H3/t11-/m0/s1. The van der Waals surface area contributed by atoms with E-state index in [0.29, 0.717) is 0 Å². The SMILES string of the molecule is CCC(=O)N1C(=O)OC[C@@H](c2ccccc2)N1C. The molecule has 0 N–H and O–H groups in total. The summed E-state index contributed by atoms with van der Waals surface area (Å²) >= 11 is 0. The van der Waals surface area contributed by atoms with Crippen LogP contribution in [0.15, 0.2) is 30.3 Å². The third-order valence-electron chi connectivity index (χ3n) is 3.03. The average Bonchev–Trinajstić information content (AvgIpc) is 2.39. The molecule has 1 heterocycles. The Morgan fingerprint density at radius 3 is 2.67 bits per heavy atom. The van der Waals surface area contributed by atoms with E-state index in [-0.39, 0.29) is 25.0 Å². The van der Waals surface area contributed by atoms with Crippen LogP contribution in [0, 0.1) is 0 Å². The number of benzene rings is 1. The normalized spacial score (nSPS) is 20.7. The molecule has 0 saturated carbocycles. The maximum absolute atomic E-state index is 11.7. The first-order valence-electron chi connectivity index (χ1n) is 5.92. The van der Waals surface area contributed by atoms with E-state index in [1.54, 1.807) is 19.0 Å². The minimum atomic E-state index is -0.600. The Morgan fingerprint density at radius 2 is 2.06 bits per heavy atom. The molecule has 0 aromatic heterocycles. The Labute approximate surface area is 106 Å². The number of hydrazine groups is 1. The lowest BCUT2D eigenvalue weighted by Gasteiger charge is -2.39. The highest BCUT2D eigenvalue weighted by Crippen LogP contribution is 2.26. The molecule has 5 heteroatoms. The molecule has 2 amide bonds. The number of cyclic esters (lactones) is 1. The first kappa shape index (κ1) is 12.6. The number of imide groups is 1. The van der Waals surface area contributed by atoms with Crippen LogP contribution in [-0.2, 0) is 9.53 Å². The monoisotopic (exact) mass is 248 g/mol. The Balaban J connectivity index is 2.25. The molecular formula is C13H16N2O3. The van der Waals surface area contributed by atoms with Gasteiger partial charge in [0.1, 0.15) is 6.61 Å². The molecule has 0 spiro atoms. The number of carbonyl (C=O) groups excluding carboxylic acids is 2. The van der Waals surface area contributed by atoms with Crippen molar-refractivity contribution in [3.63, 3.8) is 0 Å². The van der Waals surface area contributed by atoms with Gasteiger partial charge in [0.05, 0.1) is 6.04 Å². The van der Waals surface area contributed by atoms with Crippen LogP contribution >= 0.6 is 0 Å². The summed E-state index contributed by atoms with van der Waals surface area (Å²) in [6.07, 6.45) is -0.336. The number of carbonyl (C=O) groups is 2. The minimum Gasteiger partial charge on any atom is -0.446 e. The van der Waals surface area contributed by atoms with Gasteiger partial charge in [-0.15, -0.1) is 0 Å². The molecule has 5 nitrogen and oxygen atoms in total. The summed E-state index contributed by atoms with van der Waals surface area (Å²) in [4.78, 5) is 23.4. The first-order chi connectivity index (χ1) is 8.65.